The van der Waals surface area contributed by atoms with Crippen LogP contribution in [0.5, 0.6) is 0 Å². The van der Waals surface area contributed by atoms with Crippen molar-refractivity contribution in [3.8, 4) is 6.07 Å². The summed E-state index contributed by atoms with van der Waals surface area (Å²) in [4.78, 5) is 25.9. The summed E-state index contributed by atoms with van der Waals surface area (Å²) in [5, 5.41) is 17.2. The van der Waals surface area contributed by atoms with E-state index in [2.05, 4.69) is 4.90 Å². The summed E-state index contributed by atoms with van der Waals surface area (Å²) < 4.78 is 5.23. The average Bonchev–Trinajstić information content (AvgIpc) is 2.39. The second kappa shape index (κ2) is 8.45. The molecule has 0 aromatic heterocycles. The first-order valence-electron chi connectivity index (χ1n) is 6.30. The standard InChI is InChI=1S/C12H19N3O4/c13-2-1-3-15(11(16)10-12(17)18)5-4-14-6-8-19-9-7-14/h1,3-10H2,(H,17,18). The third kappa shape index (κ3) is 6.18. The molecule has 1 amide bonds. The Kier molecular flexibility index (Phi) is 6.85. The summed E-state index contributed by atoms with van der Waals surface area (Å²) in [5.41, 5.74) is 0. The SMILES string of the molecule is N#CCCN(CCN1CCOCC1)C(=O)CC(=O)O. The average molecular weight is 269 g/mol. The molecule has 7 nitrogen and oxygen atoms in total. The number of hydrogen-bond donors (Lipinski definition) is 1. The minimum atomic E-state index is -1.14. The van der Waals surface area contributed by atoms with Crippen molar-refractivity contribution < 1.29 is 19.4 Å². The summed E-state index contributed by atoms with van der Waals surface area (Å²) in [6.07, 6.45) is -0.303. The van der Waals surface area contributed by atoms with Gasteiger partial charge in [0.25, 0.3) is 0 Å². The predicted molar refractivity (Wildman–Crippen MR) is 66.3 cm³/mol. The molecule has 1 N–H and O–H groups in total. The molecule has 0 saturated carbocycles. The first-order valence-corrected chi connectivity index (χ1v) is 6.30. The lowest BCUT2D eigenvalue weighted by Gasteiger charge is -2.29. The molecule has 0 spiro atoms. The summed E-state index contributed by atoms with van der Waals surface area (Å²) in [6, 6.07) is 1.97. The summed E-state index contributed by atoms with van der Waals surface area (Å²) >= 11 is 0. The van der Waals surface area contributed by atoms with Crippen LogP contribution in [-0.2, 0) is 14.3 Å². The fraction of sp³-hybridized carbons (Fsp3) is 0.750. The molecule has 19 heavy (non-hydrogen) atoms. The van der Waals surface area contributed by atoms with Gasteiger partial charge < -0.3 is 14.7 Å². The summed E-state index contributed by atoms with van der Waals surface area (Å²) in [7, 11) is 0. The molecule has 1 rings (SSSR count). The van der Waals surface area contributed by atoms with Crippen molar-refractivity contribution in [1.29, 1.82) is 5.26 Å². The van der Waals surface area contributed by atoms with E-state index in [1.54, 1.807) is 0 Å². The molecule has 1 saturated heterocycles. The monoisotopic (exact) mass is 269 g/mol. The van der Waals surface area contributed by atoms with E-state index in [1.165, 1.54) is 4.90 Å². The number of morpholine rings is 1. The number of nitrogens with zero attached hydrogens (tertiary/aromatic N) is 3. The molecule has 0 unspecified atom stereocenters. The largest absolute Gasteiger partial charge is 0.481 e. The van der Waals surface area contributed by atoms with Crippen molar-refractivity contribution in [3.63, 3.8) is 0 Å². The topological polar surface area (TPSA) is 93.9 Å². The van der Waals surface area contributed by atoms with E-state index >= 15 is 0 Å². The van der Waals surface area contributed by atoms with Crippen LogP contribution >= 0.6 is 0 Å². The van der Waals surface area contributed by atoms with Crippen molar-refractivity contribution in [2.45, 2.75) is 12.8 Å². The molecule has 106 valence electrons. The number of carboxylic acids is 1. The van der Waals surface area contributed by atoms with Crippen LogP contribution in [0, 0.1) is 11.3 Å². The molecule has 1 fully saturated rings. The van der Waals surface area contributed by atoms with E-state index in [1.807, 2.05) is 6.07 Å². The van der Waals surface area contributed by atoms with Gasteiger partial charge in [-0.1, -0.05) is 0 Å². The van der Waals surface area contributed by atoms with E-state index in [4.69, 9.17) is 15.1 Å². The molecule has 0 radical (unpaired) electrons. The number of hydrogen-bond acceptors (Lipinski definition) is 5. The van der Waals surface area contributed by atoms with Gasteiger partial charge in [0.1, 0.15) is 6.42 Å². The zero-order valence-corrected chi connectivity index (χ0v) is 10.9. The van der Waals surface area contributed by atoms with Crippen LogP contribution < -0.4 is 0 Å². The Morgan fingerprint density at radius 3 is 2.58 bits per heavy atom. The van der Waals surface area contributed by atoms with Crippen molar-refractivity contribution in [2.75, 3.05) is 45.9 Å². The van der Waals surface area contributed by atoms with Crippen LogP contribution in [0.25, 0.3) is 0 Å². The maximum atomic E-state index is 11.7. The number of nitriles is 1. The number of aliphatic carboxylic acids is 1. The Hall–Kier alpha value is -1.65. The van der Waals surface area contributed by atoms with Crippen LogP contribution in [0.15, 0.2) is 0 Å². The molecule has 1 heterocycles. The van der Waals surface area contributed by atoms with Crippen molar-refractivity contribution >= 4 is 11.9 Å². The molecular weight excluding hydrogens is 250 g/mol. The maximum absolute atomic E-state index is 11.7. The van der Waals surface area contributed by atoms with E-state index < -0.39 is 18.3 Å². The lowest BCUT2D eigenvalue weighted by atomic mass is 10.3. The van der Waals surface area contributed by atoms with Crippen molar-refractivity contribution in [3.05, 3.63) is 0 Å². The zero-order chi connectivity index (χ0) is 14.1. The van der Waals surface area contributed by atoms with Crippen LogP contribution in [0.2, 0.25) is 0 Å². The smallest absolute Gasteiger partial charge is 0.312 e. The molecule has 1 aliphatic heterocycles. The van der Waals surface area contributed by atoms with Crippen LogP contribution in [0.4, 0.5) is 0 Å². The molecule has 1 aliphatic rings. The van der Waals surface area contributed by atoms with Gasteiger partial charge in [0.2, 0.25) is 5.91 Å². The van der Waals surface area contributed by atoms with Gasteiger partial charge in [-0.25, -0.2) is 0 Å². The zero-order valence-electron chi connectivity index (χ0n) is 10.9. The minimum absolute atomic E-state index is 0.217. The minimum Gasteiger partial charge on any atom is -0.481 e. The summed E-state index contributed by atoms with van der Waals surface area (Å²) in [5.74, 6) is -1.57. The van der Waals surface area contributed by atoms with Crippen LogP contribution in [0.1, 0.15) is 12.8 Å². The lowest BCUT2D eigenvalue weighted by Crippen LogP contribution is -2.43. The molecule has 0 atom stereocenters. The summed E-state index contributed by atoms with van der Waals surface area (Å²) in [6.45, 7) is 4.42. The highest BCUT2D eigenvalue weighted by atomic mass is 16.5. The Bertz CT molecular complexity index is 347. The Balaban J connectivity index is 2.41. The molecular formula is C12H19N3O4. The molecule has 7 heteroatoms. The van der Waals surface area contributed by atoms with Crippen LogP contribution in [0.3, 0.4) is 0 Å². The van der Waals surface area contributed by atoms with Gasteiger partial charge >= 0.3 is 5.97 Å². The number of ether oxygens (including phenoxy) is 1. The fourth-order valence-corrected chi connectivity index (χ4v) is 1.87. The number of amides is 1. The molecule has 0 aromatic carbocycles. The first-order chi connectivity index (χ1) is 9.13. The van der Waals surface area contributed by atoms with Gasteiger partial charge in [0.15, 0.2) is 0 Å². The Morgan fingerprint density at radius 1 is 1.32 bits per heavy atom. The highest BCUT2D eigenvalue weighted by Crippen LogP contribution is 2.01. The third-order valence-corrected chi connectivity index (χ3v) is 2.94. The van der Waals surface area contributed by atoms with Gasteiger partial charge in [-0.05, 0) is 0 Å². The fourth-order valence-electron chi connectivity index (χ4n) is 1.87. The van der Waals surface area contributed by atoms with Gasteiger partial charge in [-0.2, -0.15) is 5.26 Å². The second-order valence-corrected chi connectivity index (χ2v) is 4.31. The highest BCUT2D eigenvalue weighted by molar-refractivity contribution is 5.93. The van der Waals surface area contributed by atoms with E-state index in [0.717, 1.165) is 13.1 Å². The first kappa shape index (κ1) is 15.4. The van der Waals surface area contributed by atoms with Gasteiger partial charge in [-0.15, -0.1) is 0 Å². The van der Waals surface area contributed by atoms with Gasteiger partial charge in [-0.3, -0.25) is 14.5 Å². The van der Waals surface area contributed by atoms with Crippen LogP contribution in [-0.4, -0.2) is 72.7 Å². The van der Waals surface area contributed by atoms with Crippen molar-refractivity contribution in [2.24, 2.45) is 0 Å². The highest BCUT2D eigenvalue weighted by Gasteiger charge is 2.18. The number of rotatable bonds is 7. The maximum Gasteiger partial charge on any atom is 0.312 e. The number of carbonyl (C=O) groups is 2. The molecule has 0 aliphatic carbocycles. The lowest BCUT2D eigenvalue weighted by molar-refractivity contribution is -0.144. The number of carboxylic acid groups (broad SMARTS) is 1. The Morgan fingerprint density at radius 2 is 2.00 bits per heavy atom. The van der Waals surface area contributed by atoms with E-state index in [-0.39, 0.29) is 13.0 Å². The van der Waals surface area contributed by atoms with Gasteiger partial charge in [0.05, 0.1) is 25.7 Å². The molecule has 0 bridgehead atoms. The van der Waals surface area contributed by atoms with Gasteiger partial charge in [0, 0.05) is 32.7 Å². The number of carbonyl (C=O) groups excluding carboxylic acids is 1. The quantitative estimate of drug-likeness (QED) is 0.628. The molecule has 0 aromatic rings. The Labute approximate surface area is 112 Å². The van der Waals surface area contributed by atoms with Crippen molar-refractivity contribution in [1.82, 2.24) is 9.80 Å². The third-order valence-electron chi connectivity index (χ3n) is 2.94. The predicted octanol–water partition coefficient (Wildman–Crippen LogP) is -0.464. The van der Waals surface area contributed by atoms with E-state index in [0.29, 0.717) is 26.3 Å². The van der Waals surface area contributed by atoms with E-state index in [9.17, 15) is 9.59 Å². The second-order valence-electron chi connectivity index (χ2n) is 4.31. The normalized spacial score (nSPS) is 15.7.